The number of hydrogen-bond donors (Lipinski definition) is 2. The van der Waals surface area contributed by atoms with E-state index in [0.717, 1.165) is 30.3 Å². The van der Waals surface area contributed by atoms with E-state index in [1.165, 1.54) is 16.2 Å². The first-order valence-electron chi connectivity index (χ1n) is 7.55. The number of guanidine groups is 1. The molecule has 2 rings (SSSR count). The van der Waals surface area contributed by atoms with Gasteiger partial charge in [0.1, 0.15) is 6.10 Å². The topological polar surface area (TPSA) is 47.9 Å². The van der Waals surface area contributed by atoms with Gasteiger partial charge in [-0.25, -0.2) is 0 Å². The summed E-state index contributed by atoms with van der Waals surface area (Å²) in [6.45, 7) is 4.04. The number of aliphatic imine (C=N–C) groups is 1. The molecule has 2 aromatic rings. The second kappa shape index (κ2) is 9.27. The Hall–Kier alpha value is -1.08. The number of nitrogens with zero attached hydrogens (tertiary/aromatic N) is 2. The Bertz CT molecular complexity index is 613. The van der Waals surface area contributed by atoms with Crippen LogP contribution in [0.1, 0.15) is 22.8 Å². The van der Waals surface area contributed by atoms with Crippen LogP contribution in [0, 0.1) is 0 Å². The lowest BCUT2D eigenvalue weighted by Gasteiger charge is -2.22. The van der Waals surface area contributed by atoms with E-state index in [1.807, 2.05) is 20.0 Å². The molecule has 0 radical (unpaired) electrons. The molecule has 0 aliphatic heterocycles. The number of aliphatic hydroxyl groups excluding tert-OH is 1. The van der Waals surface area contributed by atoms with Crippen LogP contribution in [0.2, 0.25) is 4.34 Å². The molecule has 0 saturated heterocycles. The van der Waals surface area contributed by atoms with E-state index >= 15 is 0 Å². The second-order valence-corrected chi connectivity index (χ2v) is 7.88. The molecule has 1 unspecified atom stereocenters. The molecule has 0 fully saturated rings. The summed E-state index contributed by atoms with van der Waals surface area (Å²) < 4.78 is 0.683. The number of likely N-dealkylation sites (N-methyl/N-ethyl adjacent to an activating group) is 1. The van der Waals surface area contributed by atoms with E-state index in [0.29, 0.717) is 10.9 Å². The molecule has 126 valence electrons. The van der Waals surface area contributed by atoms with Gasteiger partial charge in [-0.3, -0.25) is 4.99 Å². The fraction of sp³-hybridized carbons (Fsp3) is 0.438. The number of halogens is 1. The van der Waals surface area contributed by atoms with Crippen LogP contribution in [-0.4, -0.2) is 42.6 Å². The lowest BCUT2D eigenvalue weighted by Crippen LogP contribution is -2.40. The molecule has 0 saturated carbocycles. The summed E-state index contributed by atoms with van der Waals surface area (Å²) in [4.78, 5) is 8.85. The van der Waals surface area contributed by atoms with Crippen molar-refractivity contribution in [3.63, 3.8) is 0 Å². The lowest BCUT2D eigenvalue weighted by molar-refractivity contribution is 0.190. The minimum atomic E-state index is -0.619. The third-order valence-electron chi connectivity index (χ3n) is 3.31. The van der Waals surface area contributed by atoms with Crippen molar-refractivity contribution < 1.29 is 5.11 Å². The highest BCUT2D eigenvalue weighted by Crippen LogP contribution is 2.26. The standard InChI is InChI=1S/C16H22ClN3OS2/c1-3-18-16(20(2)9-8-12-5-4-10-22-12)19-11-13(21)14-6-7-15(17)23-14/h4-7,10,13,21H,3,8-9,11H2,1-2H3,(H,18,19). The Kier molecular flexibility index (Phi) is 7.36. The minimum absolute atomic E-state index is 0.322. The first kappa shape index (κ1) is 18.3. The number of thiophene rings is 2. The summed E-state index contributed by atoms with van der Waals surface area (Å²) >= 11 is 9.07. The SMILES string of the molecule is CCNC(=NCC(O)c1ccc(Cl)s1)N(C)CCc1cccs1. The predicted molar refractivity (Wildman–Crippen MR) is 101 cm³/mol. The van der Waals surface area contributed by atoms with Gasteiger partial charge in [0.15, 0.2) is 5.96 Å². The van der Waals surface area contributed by atoms with Crippen LogP contribution in [0.3, 0.4) is 0 Å². The molecule has 0 spiro atoms. The maximum absolute atomic E-state index is 10.2. The fourth-order valence-corrected chi connectivity index (χ4v) is 3.81. The average Bonchev–Trinajstić information content (AvgIpc) is 3.20. The van der Waals surface area contributed by atoms with Crippen LogP contribution in [-0.2, 0) is 6.42 Å². The summed E-state index contributed by atoms with van der Waals surface area (Å²) in [6.07, 6.45) is 0.369. The van der Waals surface area contributed by atoms with Crippen LogP contribution >= 0.6 is 34.3 Å². The molecule has 2 heterocycles. The lowest BCUT2D eigenvalue weighted by atomic mass is 10.3. The molecule has 2 N–H and O–H groups in total. The average molecular weight is 372 g/mol. The van der Waals surface area contributed by atoms with Gasteiger partial charge in [0.05, 0.1) is 10.9 Å². The van der Waals surface area contributed by atoms with E-state index in [1.54, 1.807) is 17.4 Å². The van der Waals surface area contributed by atoms with Gasteiger partial charge in [-0.1, -0.05) is 17.7 Å². The molecular weight excluding hydrogens is 350 g/mol. The molecule has 0 aliphatic carbocycles. The predicted octanol–water partition coefficient (Wildman–Crippen LogP) is 3.64. The Labute approximate surface area is 150 Å². The molecule has 4 nitrogen and oxygen atoms in total. The summed E-state index contributed by atoms with van der Waals surface area (Å²) in [6, 6.07) is 7.86. The first-order chi connectivity index (χ1) is 11.1. The van der Waals surface area contributed by atoms with E-state index in [9.17, 15) is 5.11 Å². The van der Waals surface area contributed by atoms with Gasteiger partial charge in [-0.2, -0.15) is 0 Å². The van der Waals surface area contributed by atoms with Crippen molar-refractivity contribution in [2.45, 2.75) is 19.4 Å². The highest BCUT2D eigenvalue weighted by molar-refractivity contribution is 7.16. The van der Waals surface area contributed by atoms with Crippen molar-refractivity contribution in [2.75, 3.05) is 26.7 Å². The van der Waals surface area contributed by atoms with Crippen molar-refractivity contribution in [1.29, 1.82) is 0 Å². The molecule has 7 heteroatoms. The number of hydrogen-bond acceptors (Lipinski definition) is 4. The van der Waals surface area contributed by atoms with Crippen molar-refractivity contribution in [3.8, 4) is 0 Å². The molecule has 2 aromatic heterocycles. The highest BCUT2D eigenvalue weighted by Gasteiger charge is 2.12. The smallest absolute Gasteiger partial charge is 0.193 e. The third-order valence-corrected chi connectivity index (χ3v) is 5.58. The summed E-state index contributed by atoms with van der Waals surface area (Å²) in [5, 5.41) is 15.6. The molecule has 0 aromatic carbocycles. The van der Waals surface area contributed by atoms with E-state index in [4.69, 9.17) is 11.6 Å². The van der Waals surface area contributed by atoms with Gasteiger partial charge in [0.25, 0.3) is 0 Å². The minimum Gasteiger partial charge on any atom is -0.386 e. The van der Waals surface area contributed by atoms with Gasteiger partial charge in [-0.15, -0.1) is 22.7 Å². The molecule has 23 heavy (non-hydrogen) atoms. The Balaban J connectivity index is 1.92. The molecule has 0 bridgehead atoms. The van der Waals surface area contributed by atoms with Crippen molar-refractivity contribution in [2.24, 2.45) is 4.99 Å². The molecule has 0 amide bonds. The largest absolute Gasteiger partial charge is 0.386 e. The maximum Gasteiger partial charge on any atom is 0.193 e. The summed E-state index contributed by atoms with van der Waals surface area (Å²) in [5.74, 6) is 0.811. The zero-order valence-corrected chi connectivity index (χ0v) is 15.7. The fourth-order valence-electron chi connectivity index (χ4n) is 2.08. The van der Waals surface area contributed by atoms with Crippen LogP contribution < -0.4 is 5.32 Å². The Morgan fingerprint density at radius 1 is 1.43 bits per heavy atom. The number of rotatable bonds is 7. The van der Waals surface area contributed by atoms with Crippen molar-refractivity contribution >= 4 is 40.2 Å². The van der Waals surface area contributed by atoms with Crippen LogP contribution in [0.5, 0.6) is 0 Å². The number of nitrogens with one attached hydrogen (secondary N) is 1. The zero-order chi connectivity index (χ0) is 16.7. The maximum atomic E-state index is 10.2. The summed E-state index contributed by atoms with van der Waals surface area (Å²) in [7, 11) is 2.02. The molecular formula is C16H22ClN3OS2. The van der Waals surface area contributed by atoms with Crippen molar-refractivity contribution in [1.82, 2.24) is 10.2 Å². The van der Waals surface area contributed by atoms with Gasteiger partial charge >= 0.3 is 0 Å². The van der Waals surface area contributed by atoms with Crippen LogP contribution in [0.15, 0.2) is 34.6 Å². The Morgan fingerprint density at radius 2 is 2.26 bits per heavy atom. The van der Waals surface area contributed by atoms with Gasteiger partial charge in [0.2, 0.25) is 0 Å². The summed E-state index contributed by atoms with van der Waals surface area (Å²) in [5.41, 5.74) is 0. The van der Waals surface area contributed by atoms with E-state index in [-0.39, 0.29) is 0 Å². The van der Waals surface area contributed by atoms with E-state index < -0.39 is 6.10 Å². The monoisotopic (exact) mass is 371 g/mol. The normalized spacial score (nSPS) is 13.1. The van der Waals surface area contributed by atoms with Crippen LogP contribution in [0.25, 0.3) is 0 Å². The van der Waals surface area contributed by atoms with Crippen molar-refractivity contribution in [3.05, 3.63) is 43.7 Å². The molecule has 0 aliphatic rings. The van der Waals surface area contributed by atoms with Crippen LogP contribution in [0.4, 0.5) is 0 Å². The highest BCUT2D eigenvalue weighted by atomic mass is 35.5. The van der Waals surface area contributed by atoms with Gasteiger partial charge in [-0.05, 0) is 36.9 Å². The van der Waals surface area contributed by atoms with Gasteiger partial charge in [0, 0.05) is 29.9 Å². The quantitative estimate of drug-likeness (QED) is 0.577. The third kappa shape index (κ3) is 5.80. The zero-order valence-electron chi connectivity index (χ0n) is 13.3. The number of aliphatic hydroxyl groups is 1. The second-order valence-electron chi connectivity index (χ2n) is 5.10. The molecule has 1 atom stereocenters. The van der Waals surface area contributed by atoms with Gasteiger partial charge < -0.3 is 15.3 Å². The Morgan fingerprint density at radius 3 is 2.87 bits per heavy atom. The first-order valence-corrected chi connectivity index (χ1v) is 9.62. The van der Waals surface area contributed by atoms with E-state index in [2.05, 4.69) is 32.7 Å².